The van der Waals surface area contributed by atoms with Gasteiger partial charge in [0, 0.05) is 0 Å². The van der Waals surface area contributed by atoms with Crippen LogP contribution in [0, 0.1) is 0 Å². The molecule has 0 N–H and O–H groups in total. The molecule has 0 saturated heterocycles. The van der Waals surface area contributed by atoms with Crippen LogP contribution in [0.1, 0.15) is 24.0 Å². The van der Waals surface area contributed by atoms with E-state index in [1.54, 1.807) is 0 Å². The molecule has 0 radical (unpaired) electrons. The summed E-state index contributed by atoms with van der Waals surface area (Å²) in [7, 11) is 0. The van der Waals surface area contributed by atoms with Crippen molar-refractivity contribution in [1.29, 1.82) is 0 Å². The number of hydrogen-bond donors (Lipinski definition) is 0. The Balaban J connectivity index is 2.03. The monoisotopic (exact) mass is 293 g/mol. The number of allylic oxidation sites excluding steroid dienone is 1. The Bertz CT molecular complexity index is 633. The maximum atomic E-state index is 11.9. The molecule has 0 aliphatic rings. The van der Waals surface area contributed by atoms with Crippen molar-refractivity contribution in [3.63, 3.8) is 0 Å². The van der Waals surface area contributed by atoms with Crippen LogP contribution in [-0.2, 0) is 16.1 Å². The number of oxime groups is 1. The molecule has 0 bridgehead atoms. The molecule has 2 aromatic rings. The van der Waals surface area contributed by atoms with Gasteiger partial charge in [-0.1, -0.05) is 71.9 Å². The second-order valence-electron chi connectivity index (χ2n) is 4.86. The quantitative estimate of drug-likeness (QED) is 0.333. The molecule has 0 saturated carbocycles. The Morgan fingerprint density at radius 2 is 1.68 bits per heavy atom. The lowest BCUT2D eigenvalue weighted by atomic mass is 10.1. The largest absolute Gasteiger partial charge is 0.339 e. The lowest BCUT2D eigenvalue weighted by Crippen LogP contribution is -2.08. The molecular formula is C19H19NO2. The first kappa shape index (κ1) is 15.7. The van der Waals surface area contributed by atoms with Crippen LogP contribution < -0.4 is 0 Å². The van der Waals surface area contributed by atoms with Gasteiger partial charge in [0.25, 0.3) is 0 Å². The Kier molecular flexibility index (Phi) is 6.12. The van der Waals surface area contributed by atoms with E-state index < -0.39 is 0 Å². The average molecular weight is 293 g/mol. The standard InChI is InChI=1S/C19H19NO2/c1-2-3-14-18(17-12-8-5-9-13-17)20-22-19(21)15-16-10-6-4-7-11-16/h2,4-13H,1,3,14-15H2/b20-18-. The molecule has 0 aliphatic carbocycles. The van der Waals surface area contributed by atoms with E-state index in [0.29, 0.717) is 6.42 Å². The number of hydrogen-bond acceptors (Lipinski definition) is 3. The Morgan fingerprint density at radius 3 is 2.32 bits per heavy atom. The van der Waals surface area contributed by atoms with Gasteiger partial charge in [-0.3, -0.25) is 0 Å². The van der Waals surface area contributed by atoms with E-state index in [-0.39, 0.29) is 12.4 Å². The molecule has 3 nitrogen and oxygen atoms in total. The van der Waals surface area contributed by atoms with Crippen molar-refractivity contribution in [3.8, 4) is 0 Å². The van der Waals surface area contributed by atoms with Crippen molar-refractivity contribution in [2.45, 2.75) is 19.3 Å². The fourth-order valence-corrected chi connectivity index (χ4v) is 2.01. The molecule has 112 valence electrons. The molecule has 2 rings (SSSR count). The minimum Gasteiger partial charge on any atom is -0.318 e. The highest BCUT2D eigenvalue weighted by atomic mass is 16.7. The van der Waals surface area contributed by atoms with Crippen LogP contribution in [0.5, 0.6) is 0 Å². The SMILES string of the molecule is C=CCC/C(=N/OC(=O)Cc1ccccc1)c1ccccc1. The Hall–Kier alpha value is -2.68. The molecule has 0 unspecified atom stereocenters. The van der Waals surface area contributed by atoms with Gasteiger partial charge < -0.3 is 4.84 Å². The fourth-order valence-electron chi connectivity index (χ4n) is 2.01. The second-order valence-corrected chi connectivity index (χ2v) is 4.86. The van der Waals surface area contributed by atoms with Gasteiger partial charge in [0.15, 0.2) is 0 Å². The van der Waals surface area contributed by atoms with Crippen LogP contribution in [-0.4, -0.2) is 11.7 Å². The van der Waals surface area contributed by atoms with E-state index in [9.17, 15) is 4.79 Å². The zero-order valence-electron chi connectivity index (χ0n) is 12.4. The number of nitrogens with zero attached hydrogens (tertiary/aromatic N) is 1. The van der Waals surface area contributed by atoms with E-state index in [1.807, 2.05) is 66.7 Å². The lowest BCUT2D eigenvalue weighted by Gasteiger charge is -2.05. The zero-order valence-corrected chi connectivity index (χ0v) is 12.4. The summed E-state index contributed by atoms with van der Waals surface area (Å²) in [6.07, 6.45) is 3.51. The summed E-state index contributed by atoms with van der Waals surface area (Å²) in [6.45, 7) is 3.71. The number of carbonyl (C=O) groups is 1. The number of carbonyl (C=O) groups excluding carboxylic acids is 1. The summed E-state index contributed by atoms with van der Waals surface area (Å²) >= 11 is 0. The lowest BCUT2D eigenvalue weighted by molar-refractivity contribution is -0.142. The molecule has 0 heterocycles. The molecule has 0 aliphatic heterocycles. The zero-order chi connectivity index (χ0) is 15.6. The van der Waals surface area contributed by atoms with Crippen LogP contribution in [0.4, 0.5) is 0 Å². The second kappa shape index (κ2) is 8.57. The van der Waals surface area contributed by atoms with Gasteiger partial charge in [-0.15, -0.1) is 6.58 Å². The third kappa shape index (κ3) is 5.02. The van der Waals surface area contributed by atoms with Gasteiger partial charge in [-0.05, 0) is 24.0 Å². The molecule has 0 atom stereocenters. The van der Waals surface area contributed by atoms with Gasteiger partial charge in [0.05, 0.1) is 12.1 Å². The van der Waals surface area contributed by atoms with Gasteiger partial charge in [0.2, 0.25) is 0 Å². The minimum atomic E-state index is -0.363. The molecule has 0 amide bonds. The topological polar surface area (TPSA) is 38.7 Å². The molecule has 22 heavy (non-hydrogen) atoms. The molecule has 2 aromatic carbocycles. The highest BCUT2D eigenvalue weighted by molar-refractivity contribution is 6.00. The number of rotatable bonds is 7. The molecule has 0 aromatic heterocycles. The van der Waals surface area contributed by atoms with Crippen molar-refractivity contribution in [2.24, 2.45) is 5.16 Å². The smallest absolute Gasteiger partial charge is 0.318 e. The van der Waals surface area contributed by atoms with Crippen molar-refractivity contribution in [3.05, 3.63) is 84.4 Å². The van der Waals surface area contributed by atoms with Crippen LogP contribution in [0.25, 0.3) is 0 Å². The summed E-state index contributed by atoms with van der Waals surface area (Å²) in [4.78, 5) is 16.9. The molecule has 3 heteroatoms. The van der Waals surface area contributed by atoms with E-state index in [2.05, 4.69) is 11.7 Å². The Labute approximate surface area is 130 Å². The summed E-state index contributed by atoms with van der Waals surface area (Å²) in [5.74, 6) is -0.363. The third-order valence-corrected chi connectivity index (χ3v) is 3.14. The third-order valence-electron chi connectivity index (χ3n) is 3.14. The van der Waals surface area contributed by atoms with Crippen molar-refractivity contribution in [1.82, 2.24) is 0 Å². The van der Waals surface area contributed by atoms with E-state index in [4.69, 9.17) is 4.84 Å². The Morgan fingerprint density at radius 1 is 1.05 bits per heavy atom. The van der Waals surface area contributed by atoms with Crippen LogP contribution in [0.2, 0.25) is 0 Å². The van der Waals surface area contributed by atoms with Gasteiger partial charge in [-0.25, -0.2) is 4.79 Å². The first-order valence-electron chi connectivity index (χ1n) is 7.26. The fraction of sp³-hybridized carbons (Fsp3) is 0.158. The van der Waals surface area contributed by atoms with Gasteiger partial charge >= 0.3 is 5.97 Å². The molecule has 0 spiro atoms. The summed E-state index contributed by atoms with van der Waals surface area (Å²) in [6, 6.07) is 19.2. The van der Waals surface area contributed by atoms with Gasteiger partial charge in [0.1, 0.15) is 0 Å². The number of benzene rings is 2. The summed E-state index contributed by atoms with van der Waals surface area (Å²) in [5, 5.41) is 4.05. The highest BCUT2D eigenvalue weighted by Gasteiger charge is 2.07. The van der Waals surface area contributed by atoms with E-state index >= 15 is 0 Å². The molecule has 0 fully saturated rings. The normalized spacial score (nSPS) is 11.0. The first-order chi connectivity index (χ1) is 10.8. The first-order valence-corrected chi connectivity index (χ1v) is 7.26. The van der Waals surface area contributed by atoms with Crippen LogP contribution in [0.3, 0.4) is 0 Å². The minimum absolute atomic E-state index is 0.216. The van der Waals surface area contributed by atoms with Gasteiger partial charge in [-0.2, -0.15) is 0 Å². The maximum absolute atomic E-state index is 11.9. The van der Waals surface area contributed by atoms with Crippen LogP contribution >= 0.6 is 0 Å². The van der Waals surface area contributed by atoms with Crippen molar-refractivity contribution in [2.75, 3.05) is 0 Å². The summed E-state index contributed by atoms with van der Waals surface area (Å²) in [5.41, 5.74) is 2.62. The summed E-state index contributed by atoms with van der Waals surface area (Å²) < 4.78 is 0. The van der Waals surface area contributed by atoms with E-state index in [0.717, 1.165) is 23.3 Å². The molecular weight excluding hydrogens is 274 g/mol. The predicted octanol–water partition coefficient (Wildman–Crippen LogP) is 4.14. The average Bonchev–Trinajstić information content (AvgIpc) is 2.57. The van der Waals surface area contributed by atoms with Crippen molar-refractivity contribution >= 4 is 11.7 Å². The highest BCUT2D eigenvalue weighted by Crippen LogP contribution is 2.08. The maximum Gasteiger partial charge on any atom is 0.339 e. The van der Waals surface area contributed by atoms with Crippen LogP contribution in [0.15, 0.2) is 78.5 Å². The predicted molar refractivity (Wildman–Crippen MR) is 88.6 cm³/mol. The van der Waals surface area contributed by atoms with E-state index in [1.165, 1.54) is 0 Å². The van der Waals surface area contributed by atoms with Crippen molar-refractivity contribution < 1.29 is 9.63 Å².